The number of fused-ring (bicyclic) bond motifs is 1. The fourth-order valence-electron chi connectivity index (χ4n) is 2.70. The zero-order valence-electron chi connectivity index (χ0n) is 14.0. The van der Waals surface area contributed by atoms with E-state index in [1.54, 1.807) is 29.0 Å². The van der Waals surface area contributed by atoms with Crippen LogP contribution >= 0.6 is 22.9 Å². The van der Waals surface area contributed by atoms with Crippen molar-refractivity contribution < 1.29 is 4.79 Å². The molecular formula is C19H15ClN4OS. The van der Waals surface area contributed by atoms with Crippen LogP contribution in [-0.4, -0.2) is 32.6 Å². The standard InChI is InChI=1S/C19H15ClN4OS/c1-23(11-13-5-4-6-15(20)9-13)18(25)14-10-21-24(12-14)19-22-16-7-2-3-8-17(16)26-19/h2-10,12H,11H2,1H3. The van der Waals surface area contributed by atoms with Crippen LogP contribution in [0.4, 0.5) is 0 Å². The quantitative estimate of drug-likeness (QED) is 0.525. The molecule has 0 fully saturated rings. The fourth-order valence-corrected chi connectivity index (χ4v) is 3.81. The minimum atomic E-state index is -0.0997. The van der Waals surface area contributed by atoms with E-state index in [4.69, 9.17) is 11.6 Å². The molecule has 0 aliphatic rings. The van der Waals surface area contributed by atoms with Gasteiger partial charge in [-0.15, -0.1) is 0 Å². The van der Waals surface area contributed by atoms with E-state index in [-0.39, 0.29) is 5.91 Å². The average Bonchev–Trinajstić information content (AvgIpc) is 3.27. The predicted octanol–water partition coefficient (Wildman–Crippen LogP) is 4.41. The van der Waals surface area contributed by atoms with E-state index in [1.165, 1.54) is 11.3 Å². The zero-order valence-corrected chi connectivity index (χ0v) is 15.5. The van der Waals surface area contributed by atoms with Gasteiger partial charge in [0.25, 0.3) is 5.91 Å². The lowest BCUT2D eigenvalue weighted by Gasteiger charge is -2.16. The molecule has 2 aromatic carbocycles. The number of nitrogens with zero attached hydrogens (tertiary/aromatic N) is 4. The molecule has 2 aromatic heterocycles. The van der Waals surface area contributed by atoms with Gasteiger partial charge in [0.2, 0.25) is 5.13 Å². The van der Waals surface area contributed by atoms with Gasteiger partial charge < -0.3 is 4.90 Å². The Morgan fingerprint density at radius 2 is 2.08 bits per heavy atom. The van der Waals surface area contributed by atoms with Crippen molar-refractivity contribution in [3.8, 4) is 5.13 Å². The van der Waals surface area contributed by atoms with Gasteiger partial charge in [-0.25, -0.2) is 9.67 Å². The van der Waals surface area contributed by atoms with Gasteiger partial charge in [-0.3, -0.25) is 4.79 Å². The van der Waals surface area contributed by atoms with Crippen molar-refractivity contribution in [3.05, 3.63) is 77.1 Å². The lowest BCUT2D eigenvalue weighted by Crippen LogP contribution is -2.25. The van der Waals surface area contributed by atoms with Crippen molar-refractivity contribution in [1.29, 1.82) is 0 Å². The maximum absolute atomic E-state index is 12.7. The van der Waals surface area contributed by atoms with Crippen LogP contribution in [0.1, 0.15) is 15.9 Å². The summed E-state index contributed by atoms with van der Waals surface area (Å²) in [6, 6.07) is 15.4. The topological polar surface area (TPSA) is 51.0 Å². The van der Waals surface area contributed by atoms with Crippen molar-refractivity contribution in [3.63, 3.8) is 0 Å². The van der Waals surface area contributed by atoms with E-state index < -0.39 is 0 Å². The first kappa shape index (κ1) is 16.8. The van der Waals surface area contributed by atoms with Gasteiger partial charge in [-0.1, -0.05) is 47.2 Å². The molecule has 0 saturated heterocycles. The minimum Gasteiger partial charge on any atom is -0.337 e. The summed E-state index contributed by atoms with van der Waals surface area (Å²) in [4.78, 5) is 18.9. The number of rotatable bonds is 4. The molecule has 0 radical (unpaired) electrons. The number of aromatic nitrogens is 3. The molecule has 0 bridgehead atoms. The monoisotopic (exact) mass is 382 g/mol. The van der Waals surface area contributed by atoms with E-state index >= 15 is 0 Å². The predicted molar refractivity (Wildman–Crippen MR) is 104 cm³/mol. The fraction of sp³-hybridized carbons (Fsp3) is 0.105. The van der Waals surface area contributed by atoms with Crippen molar-refractivity contribution in [1.82, 2.24) is 19.7 Å². The third-order valence-corrected chi connectivity index (χ3v) is 5.22. The third-order valence-electron chi connectivity index (χ3n) is 3.96. The molecule has 0 aliphatic heterocycles. The van der Waals surface area contributed by atoms with Crippen molar-refractivity contribution >= 4 is 39.1 Å². The summed E-state index contributed by atoms with van der Waals surface area (Å²) < 4.78 is 2.73. The molecule has 130 valence electrons. The number of para-hydroxylation sites is 1. The molecule has 0 saturated carbocycles. The summed E-state index contributed by atoms with van der Waals surface area (Å²) in [5.41, 5.74) is 2.43. The highest BCUT2D eigenvalue weighted by Gasteiger charge is 2.16. The first-order valence-corrected chi connectivity index (χ1v) is 9.20. The lowest BCUT2D eigenvalue weighted by molar-refractivity contribution is 0.0785. The smallest absolute Gasteiger partial charge is 0.257 e. The second-order valence-corrected chi connectivity index (χ2v) is 7.37. The van der Waals surface area contributed by atoms with Crippen molar-refractivity contribution in [2.24, 2.45) is 0 Å². The number of hydrogen-bond acceptors (Lipinski definition) is 4. The molecule has 7 heteroatoms. The molecule has 5 nitrogen and oxygen atoms in total. The van der Waals surface area contributed by atoms with Crippen molar-refractivity contribution in [2.75, 3.05) is 7.05 Å². The Morgan fingerprint density at radius 3 is 2.88 bits per heavy atom. The van der Waals surface area contributed by atoms with Gasteiger partial charge in [0, 0.05) is 24.8 Å². The highest BCUT2D eigenvalue weighted by atomic mass is 35.5. The van der Waals surface area contributed by atoms with Gasteiger partial charge in [0.15, 0.2) is 0 Å². The molecule has 0 N–H and O–H groups in total. The van der Waals surface area contributed by atoms with E-state index in [0.717, 1.165) is 20.9 Å². The van der Waals surface area contributed by atoms with E-state index in [9.17, 15) is 4.79 Å². The van der Waals surface area contributed by atoms with Gasteiger partial charge in [0.05, 0.1) is 22.0 Å². The Hall–Kier alpha value is -2.70. The molecular weight excluding hydrogens is 368 g/mol. The van der Waals surface area contributed by atoms with Gasteiger partial charge in [0.1, 0.15) is 0 Å². The third kappa shape index (κ3) is 3.34. The number of carbonyl (C=O) groups is 1. The summed E-state index contributed by atoms with van der Waals surface area (Å²) in [5, 5.41) is 5.70. The Bertz CT molecular complexity index is 1050. The number of carbonyl (C=O) groups excluding carboxylic acids is 1. The normalized spacial score (nSPS) is 11.0. The summed E-state index contributed by atoms with van der Waals surface area (Å²) in [7, 11) is 1.76. The van der Waals surface area contributed by atoms with Crippen LogP contribution < -0.4 is 0 Å². The first-order chi connectivity index (χ1) is 12.6. The molecule has 4 rings (SSSR count). The summed E-state index contributed by atoms with van der Waals surface area (Å²) in [6.45, 7) is 0.478. The SMILES string of the molecule is CN(Cc1cccc(Cl)c1)C(=O)c1cnn(-c2nc3ccccc3s2)c1. The van der Waals surface area contributed by atoms with Crippen LogP contribution in [0.3, 0.4) is 0 Å². The molecule has 2 heterocycles. The summed E-state index contributed by atoms with van der Waals surface area (Å²) in [6.07, 6.45) is 3.29. The van der Waals surface area contributed by atoms with Gasteiger partial charge >= 0.3 is 0 Å². The molecule has 0 aliphatic carbocycles. The van der Waals surface area contributed by atoms with Crippen LogP contribution in [0.25, 0.3) is 15.3 Å². The number of hydrogen-bond donors (Lipinski definition) is 0. The molecule has 4 aromatic rings. The molecule has 1 amide bonds. The Balaban J connectivity index is 1.54. The van der Waals surface area contributed by atoms with Crippen LogP contribution in [-0.2, 0) is 6.54 Å². The number of halogens is 1. The Kier molecular flexibility index (Phi) is 4.44. The second kappa shape index (κ2) is 6.90. The van der Waals surface area contributed by atoms with Crippen LogP contribution in [0.5, 0.6) is 0 Å². The maximum Gasteiger partial charge on any atom is 0.257 e. The van der Waals surface area contributed by atoms with Crippen LogP contribution in [0, 0.1) is 0 Å². The average molecular weight is 383 g/mol. The van der Waals surface area contributed by atoms with E-state index in [1.807, 2.05) is 48.5 Å². The molecule has 0 atom stereocenters. The largest absolute Gasteiger partial charge is 0.337 e. The van der Waals surface area contributed by atoms with E-state index in [2.05, 4.69) is 10.1 Å². The van der Waals surface area contributed by atoms with Crippen LogP contribution in [0.2, 0.25) is 5.02 Å². The van der Waals surface area contributed by atoms with Crippen molar-refractivity contribution in [2.45, 2.75) is 6.54 Å². The molecule has 0 unspecified atom stereocenters. The van der Waals surface area contributed by atoms with Gasteiger partial charge in [-0.2, -0.15) is 5.10 Å². The number of benzene rings is 2. The molecule has 26 heavy (non-hydrogen) atoms. The summed E-state index contributed by atoms with van der Waals surface area (Å²) in [5.74, 6) is -0.0997. The maximum atomic E-state index is 12.7. The van der Waals surface area contributed by atoms with E-state index in [0.29, 0.717) is 17.1 Å². The zero-order chi connectivity index (χ0) is 18.1. The number of thiazole rings is 1. The first-order valence-electron chi connectivity index (χ1n) is 8.01. The molecule has 0 spiro atoms. The lowest BCUT2D eigenvalue weighted by atomic mass is 10.2. The van der Waals surface area contributed by atoms with Gasteiger partial charge in [-0.05, 0) is 29.8 Å². The Labute approximate surface area is 159 Å². The minimum absolute atomic E-state index is 0.0997. The highest BCUT2D eigenvalue weighted by Crippen LogP contribution is 2.24. The van der Waals surface area contributed by atoms with Crippen LogP contribution in [0.15, 0.2) is 60.9 Å². The number of amides is 1. The second-order valence-electron chi connectivity index (χ2n) is 5.93. The summed E-state index contributed by atoms with van der Waals surface area (Å²) >= 11 is 7.54. The Morgan fingerprint density at radius 1 is 1.23 bits per heavy atom. The highest BCUT2D eigenvalue weighted by molar-refractivity contribution is 7.20.